The van der Waals surface area contributed by atoms with E-state index in [0.717, 1.165) is 11.4 Å². The standard InChI is InChI=1S/C10H14N4O3/c15-9(16)1-2-11-10(17)7-3-6-8(4-12-7)14-5-13-6/h5,7,12H,1-4H2,(H,11,17)(H,13,14)(H,15,16). The first-order valence-electron chi connectivity index (χ1n) is 5.41. The number of carboxylic acids is 1. The van der Waals surface area contributed by atoms with Gasteiger partial charge in [-0.15, -0.1) is 0 Å². The van der Waals surface area contributed by atoms with Gasteiger partial charge in [0.2, 0.25) is 5.91 Å². The Morgan fingerprint density at radius 2 is 2.41 bits per heavy atom. The van der Waals surface area contributed by atoms with Crippen LogP contribution in [0, 0.1) is 0 Å². The van der Waals surface area contributed by atoms with E-state index in [0.29, 0.717) is 13.0 Å². The van der Waals surface area contributed by atoms with Crippen molar-refractivity contribution >= 4 is 11.9 Å². The van der Waals surface area contributed by atoms with Crippen molar-refractivity contribution < 1.29 is 14.7 Å². The number of aromatic amines is 1. The summed E-state index contributed by atoms with van der Waals surface area (Å²) in [5, 5.41) is 14.1. The van der Waals surface area contributed by atoms with Crippen LogP contribution in [-0.4, -0.2) is 39.5 Å². The number of carbonyl (C=O) groups excluding carboxylic acids is 1. The highest BCUT2D eigenvalue weighted by atomic mass is 16.4. The second-order valence-corrected chi connectivity index (χ2v) is 3.90. The molecule has 92 valence electrons. The minimum absolute atomic E-state index is 0.0634. The van der Waals surface area contributed by atoms with E-state index in [4.69, 9.17) is 5.11 Å². The number of hydrogen-bond acceptors (Lipinski definition) is 4. The topological polar surface area (TPSA) is 107 Å². The van der Waals surface area contributed by atoms with Crippen molar-refractivity contribution in [1.82, 2.24) is 20.6 Å². The Morgan fingerprint density at radius 3 is 3.18 bits per heavy atom. The van der Waals surface area contributed by atoms with Gasteiger partial charge in [0.25, 0.3) is 0 Å². The van der Waals surface area contributed by atoms with E-state index in [2.05, 4.69) is 20.6 Å². The van der Waals surface area contributed by atoms with Gasteiger partial charge in [0, 0.05) is 19.5 Å². The molecule has 0 aromatic carbocycles. The van der Waals surface area contributed by atoms with E-state index in [1.807, 2.05) is 0 Å². The van der Waals surface area contributed by atoms with Crippen molar-refractivity contribution in [2.24, 2.45) is 0 Å². The number of nitrogens with one attached hydrogen (secondary N) is 3. The molecule has 0 saturated carbocycles. The quantitative estimate of drug-likeness (QED) is 0.539. The average Bonchev–Trinajstić information content (AvgIpc) is 2.75. The normalized spacial score (nSPS) is 18.5. The maximum atomic E-state index is 11.7. The van der Waals surface area contributed by atoms with Crippen LogP contribution < -0.4 is 10.6 Å². The smallest absolute Gasteiger partial charge is 0.305 e. The zero-order valence-corrected chi connectivity index (χ0v) is 9.19. The van der Waals surface area contributed by atoms with Gasteiger partial charge in [-0.1, -0.05) is 0 Å². The number of hydrogen-bond donors (Lipinski definition) is 4. The number of carboxylic acid groups (broad SMARTS) is 1. The predicted octanol–water partition coefficient (Wildman–Crippen LogP) is -0.985. The minimum Gasteiger partial charge on any atom is -0.481 e. The number of nitrogens with zero attached hydrogens (tertiary/aromatic N) is 1. The average molecular weight is 238 g/mol. The molecule has 1 aliphatic rings. The molecule has 0 fully saturated rings. The number of amides is 1. The lowest BCUT2D eigenvalue weighted by atomic mass is 10.0. The second-order valence-electron chi connectivity index (χ2n) is 3.90. The minimum atomic E-state index is -0.920. The number of rotatable bonds is 4. The zero-order chi connectivity index (χ0) is 12.3. The summed E-state index contributed by atoms with van der Waals surface area (Å²) in [5.74, 6) is -1.10. The van der Waals surface area contributed by atoms with E-state index in [9.17, 15) is 9.59 Å². The van der Waals surface area contributed by atoms with Crippen LogP contribution in [0.4, 0.5) is 0 Å². The van der Waals surface area contributed by atoms with E-state index < -0.39 is 5.97 Å². The molecule has 0 saturated heterocycles. The fraction of sp³-hybridized carbons (Fsp3) is 0.500. The molecule has 1 atom stereocenters. The molecule has 1 amide bonds. The van der Waals surface area contributed by atoms with Gasteiger partial charge in [-0.05, 0) is 0 Å². The number of aromatic nitrogens is 2. The van der Waals surface area contributed by atoms with Crippen LogP contribution in [0.15, 0.2) is 6.33 Å². The summed E-state index contributed by atoms with van der Waals surface area (Å²) < 4.78 is 0. The van der Waals surface area contributed by atoms with Gasteiger partial charge in [-0.2, -0.15) is 0 Å². The van der Waals surface area contributed by atoms with Crippen molar-refractivity contribution in [3.05, 3.63) is 17.7 Å². The SMILES string of the molecule is O=C(O)CCNC(=O)C1Cc2nc[nH]c2CN1. The molecule has 1 unspecified atom stereocenters. The Labute approximate surface area is 97.6 Å². The Morgan fingerprint density at radius 1 is 1.59 bits per heavy atom. The highest BCUT2D eigenvalue weighted by molar-refractivity contribution is 5.82. The molecule has 0 radical (unpaired) electrons. The summed E-state index contributed by atoms with van der Waals surface area (Å²) in [7, 11) is 0. The molecule has 1 aromatic heterocycles. The van der Waals surface area contributed by atoms with Gasteiger partial charge >= 0.3 is 5.97 Å². The predicted molar refractivity (Wildman–Crippen MR) is 58.2 cm³/mol. The number of aliphatic carboxylic acids is 1. The molecule has 4 N–H and O–H groups in total. The molecular weight excluding hydrogens is 224 g/mol. The highest BCUT2D eigenvalue weighted by Crippen LogP contribution is 2.11. The third-order valence-corrected chi connectivity index (χ3v) is 2.68. The summed E-state index contributed by atoms with van der Waals surface area (Å²) >= 11 is 0. The molecule has 7 nitrogen and oxygen atoms in total. The molecule has 2 heterocycles. The number of H-pyrrole nitrogens is 1. The summed E-state index contributed by atoms with van der Waals surface area (Å²) in [6.45, 7) is 0.728. The summed E-state index contributed by atoms with van der Waals surface area (Å²) in [5.41, 5.74) is 1.89. The molecule has 7 heteroatoms. The van der Waals surface area contributed by atoms with Crippen LogP contribution in [0.5, 0.6) is 0 Å². The Kier molecular flexibility index (Phi) is 3.38. The molecular formula is C10H14N4O3. The van der Waals surface area contributed by atoms with Crippen LogP contribution >= 0.6 is 0 Å². The summed E-state index contributed by atoms with van der Waals surface area (Å²) in [4.78, 5) is 29.1. The molecule has 2 rings (SSSR count). The van der Waals surface area contributed by atoms with Gasteiger partial charge in [0.1, 0.15) is 0 Å². The Bertz CT molecular complexity index is 429. The Balaban J connectivity index is 1.84. The second kappa shape index (κ2) is 4.96. The van der Waals surface area contributed by atoms with Crippen molar-refractivity contribution in [1.29, 1.82) is 0 Å². The van der Waals surface area contributed by atoms with E-state index in [1.54, 1.807) is 6.33 Å². The number of carbonyl (C=O) groups is 2. The van der Waals surface area contributed by atoms with Crippen molar-refractivity contribution in [2.75, 3.05) is 6.54 Å². The fourth-order valence-electron chi connectivity index (χ4n) is 1.77. The van der Waals surface area contributed by atoms with Crippen LogP contribution in [-0.2, 0) is 22.6 Å². The lowest BCUT2D eigenvalue weighted by molar-refractivity contribution is -0.137. The highest BCUT2D eigenvalue weighted by Gasteiger charge is 2.25. The summed E-state index contributed by atoms with van der Waals surface area (Å²) in [6.07, 6.45) is 2.07. The van der Waals surface area contributed by atoms with Gasteiger partial charge in [0.05, 0.1) is 30.2 Å². The van der Waals surface area contributed by atoms with Crippen LogP contribution in [0.1, 0.15) is 17.8 Å². The van der Waals surface area contributed by atoms with Gasteiger partial charge < -0.3 is 15.4 Å². The molecule has 0 spiro atoms. The van der Waals surface area contributed by atoms with Crippen molar-refractivity contribution in [3.63, 3.8) is 0 Å². The first-order valence-corrected chi connectivity index (χ1v) is 5.41. The molecule has 0 aliphatic carbocycles. The molecule has 0 bridgehead atoms. The largest absolute Gasteiger partial charge is 0.481 e. The van der Waals surface area contributed by atoms with E-state index in [1.165, 1.54) is 0 Å². The van der Waals surface area contributed by atoms with Crippen LogP contribution in [0.2, 0.25) is 0 Å². The first-order chi connectivity index (χ1) is 8.16. The zero-order valence-electron chi connectivity index (χ0n) is 9.19. The van der Waals surface area contributed by atoms with Crippen molar-refractivity contribution in [3.8, 4) is 0 Å². The third-order valence-electron chi connectivity index (χ3n) is 2.68. The monoisotopic (exact) mass is 238 g/mol. The molecule has 1 aromatic rings. The van der Waals surface area contributed by atoms with E-state index >= 15 is 0 Å². The lowest BCUT2D eigenvalue weighted by Gasteiger charge is -2.22. The maximum Gasteiger partial charge on any atom is 0.305 e. The first kappa shape index (κ1) is 11.6. The number of fused-ring (bicyclic) bond motifs is 1. The summed E-state index contributed by atoms with van der Waals surface area (Å²) in [6, 6.07) is -0.334. The van der Waals surface area contributed by atoms with Crippen molar-refractivity contribution in [2.45, 2.75) is 25.4 Å². The van der Waals surface area contributed by atoms with Crippen LogP contribution in [0.3, 0.4) is 0 Å². The maximum absolute atomic E-state index is 11.7. The molecule has 1 aliphatic heterocycles. The fourth-order valence-corrected chi connectivity index (χ4v) is 1.77. The Hall–Kier alpha value is -1.89. The molecule has 17 heavy (non-hydrogen) atoms. The van der Waals surface area contributed by atoms with Gasteiger partial charge in [-0.3, -0.25) is 14.9 Å². The van der Waals surface area contributed by atoms with Gasteiger partial charge in [0.15, 0.2) is 0 Å². The lowest BCUT2D eigenvalue weighted by Crippen LogP contribution is -2.48. The number of imidazole rings is 1. The third kappa shape index (κ3) is 2.82. The van der Waals surface area contributed by atoms with Crippen LogP contribution in [0.25, 0.3) is 0 Å². The van der Waals surface area contributed by atoms with E-state index in [-0.39, 0.29) is 24.9 Å². The van der Waals surface area contributed by atoms with Gasteiger partial charge in [-0.25, -0.2) is 4.98 Å².